The summed E-state index contributed by atoms with van der Waals surface area (Å²) in [7, 11) is -3.89. The first kappa shape index (κ1) is 14.7. The van der Waals surface area contributed by atoms with Crippen LogP contribution in [0.15, 0.2) is 39.8 Å². The first-order chi connectivity index (χ1) is 9.31. The van der Waals surface area contributed by atoms with Gasteiger partial charge in [-0.2, -0.15) is 0 Å². The highest BCUT2D eigenvalue weighted by atomic mass is 79.9. The Morgan fingerprint density at radius 1 is 1.40 bits per heavy atom. The summed E-state index contributed by atoms with van der Waals surface area (Å²) in [5, 5.41) is 0. The van der Waals surface area contributed by atoms with Crippen molar-refractivity contribution in [3.8, 4) is 0 Å². The van der Waals surface area contributed by atoms with Gasteiger partial charge in [-0.05, 0) is 52.7 Å². The van der Waals surface area contributed by atoms with E-state index >= 15 is 0 Å². The highest BCUT2D eigenvalue weighted by molar-refractivity contribution is 9.10. The molecule has 20 heavy (non-hydrogen) atoms. The van der Waals surface area contributed by atoms with Crippen molar-refractivity contribution in [3.63, 3.8) is 0 Å². The van der Waals surface area contributed by atoms with Crippen LogP contribution >= 0.6 is 15.9 Å². The zero-order valence-electron chi connectivity index (χ0n) is 10.4. The summed E-state index contributed by atoms with van der Waals surface area (Å²) < 4.78 is 40.7. The second-order valence-corrected chi connectivity index (χ2v) is 6.62. The number of halogens is 2. The Balaban J connectivity index is 2.44. The molecule has 0 radical (unpaired) electrons. The molecule has 0 aliphatic heterocycles. The average molecular weight is 360 g/mol. The molecule has 0 atom stereocenters. The molecule has 0 fully saturated rings. The van der Waals surface area contributed by atoms with Gasteiger partial charge in [-0.25, -0.2) is 17.8 Å². The monoisotopic (exact) mass is 359 g/mol. The number of sulfonamides is 1. The average Bonchev–Trinajstić information content (AvgIpc) is 2.38. The molecule has 2 aromatic rings. The summed E-state index contributed by atoms with van der Waals surface area (Å²) in [6.07, 6.45) is 1.45. The van der Waals surface area contributed by atoms with Gasteiger partial charge in [0.05, 0.1) is 15.1 Å². The van der Waals surface area contributed by atoms with Crippen LogP contribution < -0.4 is 10.5 Å². The summed E-state index contributed by atoms with van der Waals surface area (Å²) >= 11 is 3.19. The third kappa shape index (κ3) is 2.91. The van der Waals surface area contributed by atoms with Gasteiger partial charge < -0.3 is 5.73 Å². The van der Waals surface area contributed by atoms with E-state index in [4.69, 9.17) is 5.73 Å². The molecule has 5 nitrogen and oxygen atoms in total. The number of benzene rings is 1. The Kier molecular flexibility index (Phi) is 3.96. The molecule has 0 saturated carbocycles. The van der Waals surface area contributed by atoms with Gasteiger partial charge in [-0.1, -0.05) is 0 Å². The lowest BCUT2D eigenvalue weighted by Crippen LogP contribution is -2.15. The molecule has 0 bridgehead atoms. The maximum atomic E-state index is 13.4. The van der Waals surface area contributed by atoms with Crippen LogP contribution in [-0.4, -0.2) is 13.4 Å². The first-order valence-electron chi connectivity index (χ1n) is 5.50. The first-order valence-corrected chi connectivity index (χ1v) is 7.78. The number of aryl methyl sites for hydroxylation is 1. The molecule has 106 valence electrons. The fraction of sp³-hybridized carbons (Fsp3) is 0.0833. The molecule has 0 aliphatic rings. The minimum Gasteiger partial charge on any atom is -0.396 e. The van der Waals surface area contributed by atoms with Crippen LogP contribution in [0.3, 0.4) is 0 Å². The van der Waals surface area contributed by atoms with Crippen LogP contribution in [0.25, 0.3) is 0 Å². The smallest absolute Gasteiger partial charge is 0.263 e. The molecule has 2 rings (SSSR count). The summed E-state index contributed by atoms with van der Waals surface area (Å²) in [6.45, 7) is 1.45. The maximum absolute atomic E-state index is 13.4. The molecule has 8 heteroatoms. The Hall–Kier alpha value is -1.67. The zero-order chi connectivity index (χ0) is 14.9. The van der Waals surface area contributed by atoms with Gasteiger partial charge >= 0.3 is 0 Å². The number of aromatic nitrogens is 1. The van der Waals surface area contributed by atoms with Gasteiger partial charge in [0.1, 0.15) is 5.82 Å². The maximum Gasteiger partial charge on any atom is 0.263 e. The van der Waals surface area contributed by atoms with Crippen molar-refractivity contribution >= 4 is 37.5 Å². The highest BCUT2D eigenvalue weighted by Crippen LogP contribution is 2.25. The fourth-order valence-electron chi connectivity index (χ4n) is 1.56. The van der Waals surface area contributed by atoms with E-state index in [0.29, 0.717) is 4.47 Å². The second-order valence-electron chi connectivity index (χ2n) is 4.08. The van der Waals surface area contributed by atoms with Crippen LogP contribution in [-0.2, 0) is 10.0 Å². The van der Waals surface area contributed by atoms with E-state index in [0.717, 1.165) is 6.07 Å². The Bertz CT molecular complexity index is 742. The predicted molar refractivity (Wildman–Crippen MR) is 78.3 cm³/mol. The number of rotatable bonds is 3. The lowest BCUT2D eigenvalue weighted by Gasteiger charge is -2.10. The molecule has 3 N–H and O–H groups in total. The van der Waals surface area contributed by atoms with Crippen LogP contribution in [0.1, 0.15) is 5.56 Å². The normalized spacial score (nSPS) is 11.3. The number of nitrogens with zero attached hydrogens (tertiary/aromatic N) is 1. The SMILES string of the molecule is Cc1cc(S(=O)(=O)Nc2ncccc2Br)cc(N)c1F. The molecule has 1 aromatic carbocycles. The molecular formula is C12H11BrFN3O2S. The Labute approximate surface area is 124 Å². The molecule has 0 spiro atoms. The van der Waals surface area contributed by atoms with E-state index in [1.165, 1.54) is 19.2 Å². The molecule has 1 heterocycles. The predicted octanol–water partition coefficient (Wildman–Crippen LogP) is 2.67. The highest BCUT2D eigenvalue weighted by Gasteiger charge is 2.19. The van der Waals surface area contributed by atoms with Crippen molar-refractivity contribution in [2.24, 2.45) is 0 Å². The minimum atomic E-state index is -3.89. The molecule has 1 aromatic heterocycles. The van der Waals surface area contributed by atoms with E-state index in [9.17, 15) is 12.8 Å². The number of nitrogens with two attached hydrogens (primary N) is 1. The van der Waals surface area contributed by atoms with Crippen LogP contribution in [0.5, 0.6) is 0 Å². The third-order valence-electron chi connectivity index (χ3n) is 2.56. The van der Waals surface area contributed by atoms with Crippen LogP contribution in [0.2, 0.25) is 0 Å². The van der Waals surface area contributed by atoms with Gasteiger partial charge in [0, 0.05) is 6.20 Å². The quantitative estimate of drug-likeness (QED) is 0.825. The van der Waals surface area contributed by atoms with Crippen molar-refractivity contribution < 1.29 is 12.8 Å². The van der Waals surface area contributed by atoms with Gasteiger partial charge in [0.15, 0.2) is 5.82 Å². The number of hydrogen-bond acceptors (Lipinski definition) is 4. The molecular weight excluding hydrogens is 349 g/mol. The minimum absolute atomic E-state index is 0.119. The van der Waals surface area contributed by atoms with Crippen molar-refractivity contribution in [2.75, 3.05) is 10.5 Å². The fourth-order valence-corrected chi connectivity index (χ4v) is 3.20. The van der Waals surface area contributed by atoms with Crippen molar-refractivity contribution in [1.29, 1.82) is 0 Å². The van der Waals surface area contributed by atoms with Crippen molar-refractivity contribution in [1.82, 2.24) is 4.98 Å². The summed E-state index contributed by atoms with van der Waals surface area (Å²) in [5.41, 5.74) is 5.39. The van der Waals surface area contributed by atoms with Gasteiger partial charge in [-0.3, -0.25) is 4.72 Å². The van der Waals surface area contributed by atoms with E-state index in [-0.39, 0.29) is 22.0 Å². The van der Waals surface area contributed by atoms with Gasteiger partial charge in [0.2, 0.25) is 0 Å². The van der Waals surface area contributed by atoms with Crippen LogP contribution in [0.4, 0.5) is 15.9 Å². The Morgan fingerprint density at radius 3 is 2.70 bits per heavy atom. The standard InChI is InChI=1S/C12H11BrFN3O2S/c1-7-5-8(6-10(15)11(7)14)20(18,19)17-12-9(13)3-2-4-16-12/h2-6H,15H2,1H3,(H,16,17). The number of nitrogens with one attached hydrogen (secondary N) is 1. The van der Waals surface area contributed by atoms with Crippen molar-refractivity contribution in [2.45, 2.75) is 11.8 Å². The lowest BCUT2D eigenvalue weighted by molar-refractivity contribution is 0.599. The molecule has 0 saturated heterocycles. The second kappa shape index (κ2) is 5.37. The van der Waals surface area contributed by atoms with Crippen LogP contribution in [0, 0.1) is 12.7 Å². The molecule has 0 amide bonds. The topological polar surface area (TPSA) is 85.1 Å². The molecule has 0 aliphatic carbocycles. The summed E-state index contributed by atoms with van der Waals surface area (Å²) in [4.78, 5) is 3.79. The molecule has 0 unspecified atom stereocenters. The van der Waals surface area contributed by atoms with Gasteiger partial charge in [-0.15, -0.1) is 0 Å². The largest absolute Gasteiger partial charge is 0.396 e. The summed E-state index contributed by atoms with van der Waals surface area (Å²) in [5.74, 6) is -0.476. The van der Waals surface area contributed by atoms with E-state index < -0.39 is 15.8 Å². The number of anilines is 2. The zero-order valence-corrected chi connectivity index (χ0v) is 12.8. The third-order valence-corrected chi connectivity index (χ3v) is 4.51. The number of nitrogen functional groups attached to an aromatic ring is 1. The lowest BCUT2D eigenvalue weighted by atomic mass is 10.2. The van der Waals surface area contributed by atoms with E-state index in [1.54, 1.807) is 12.1 Å². The van der Waals surface area contributed by atoms with E-state index in [1.807, 2.05) is 0 Å². The van der Waals surface area contributed by atoms with E-state index in [2.05, 4.69) is 25.6 Å². The number of hydrogen-bond donors (Lipinski definition) is 2. The van der Waals surface area contributed by atoms with Crippen molar-refractivity contribution in [3.05, 3.63) is 46.3 Å². The van der Waals surface area contributed by atoms with Gasteiger partial charge in [0.25, 0.3) is 10.0 Å². The summed E-state index contributed by atoms with van der Waals surface area (Å²) in [6, 6.07) is 5.59. The number of pyridine rings is 1. The Morgan fingerprint density at radius 2 is 2.10 bits per heavy atom.